The lowest BCUT2D eigenvalue weighted by molar-refractivity contribution is 0.102. The fourth-order valence-electron chi connectivity index (χ4n) is 3.70. The van der Waals surface area contributed by atoms with Gasteiger partial charge in [-0.25, -0.2) is 19.9 Å². The molecule has 1 fully saturated rings. The quantitative estimate of drug-likeness (QED) is 0.469. The van der Waals surface area contributed by atoms with Gasteiger partial charge in [-0.2, -0.15) is 0 Å². The molecule has 9 nitrogen and oxygen atoms in total. The van der Waals surface area contributed by atoms with Crippen molar-refractivity contribution in [2.75, 3.05) is 55.8 Å². The smallest absolute Gasteiger partial charge is 0.258 e. The van der Waals surface area contributed by atoms with Crippen molar-refractivity contribution in [3.8, 4) is 10.4 Å². The second-order valence-corrected chi connectivity index (χ2v) is 8.92. The van der Waals surface area contributed by atoms with Crippen molar-refractivity contribution >= 4 is 45.0 Å². The summed E-state index contributed by atoms with van der Waals surface area (Å²) >= 11 is 1.57. The molecule has 0 saturated carbocycles. The number of carbonyl (C=O) groups excluding carboxylic acids is 1. The molecule has 3 aromatic heterocycles. The molecule has 0 bridgehead atoms. The maximum Gasteiger partial charge on any atom is 0.258 e. The first-order chi connectivity index (χ1) is 16.1. The van der Waals surface area contributed by atoms with E-state index in [1.807, 2.05) is 37.5 Å². The van der Waals surface area contributed by atoms with Crippen LogP contribution in [0.25, 0.3) is 21.3 Å². The number of piperazine rings is 1. The van der Waals surface area contributed by atoms with E-state index in [9.17, 15) is 4.79 Å². The van der Waals surface area contributed by atoms with Crippen molar-refractivity contribution < 1.29 is 4.79 Å². The van der Waals surface area contributed by atoms with Crippen LogP contribution >= 0.6 is 11.3 Å². The molecule has 0 spiro atoms. The summed E-state index contributed by atoms with van der Waals surface area (Å²) in [6.45, 7) is 3.73. The lowest BCUT2D eigenvalue weighted by atomic mass is 10.1. The Morgan fingerprint density at radius 2 is 1.88 bits per heavy atom. The van der Waals surface area contributed by atoms with E-state index in [2.05, 4.69) is 47.4 Å². The number of nitrogens with one attached hydrogen (secondary N) is 2. The summed E-state index contributed by atoms with van der Waals surface area (Å²) in [7, 11) is 3.96. The van der Waals surface area contributed by atoms with E-state index in [0.717, 1.165) is 58.5 Å². The average Bonchev–Trinajstić information content (AvgIpc) is 3.34. The summed E-state index contributed by atoms with van der Waals surface area (Å²) in [5.41, 5.74) is 2.30. The first-order valence-corrected chi connectivity index (χ1v) is 11.5. The minimum Gasteiger partial charge on any atom is -0.365 e. The minimum absolute atomic E-state index is 0.260. The minimum atomic E-state index is -0.260. The van der Waals surface area contributed by atoms with Gasteiger partial charge in [-0.15, -0.1) is 0 Å². The van der Waals surface area contributed by atoms with Gasteiger partial charge in [-0.1, -0.05) is 23.5 Å². The number of thiazole rings is 1. The van der Waals surface area contributed by atoms with Crippen LogP contribution < -0.4 is 15.5 Å². The van der Waals surface area contributed by atoms with Crippen molar-refractivity contribution in [3.05, 3.63) is 54.5 Å². The molecule has 2 N–H and O–H groups in total. The number of nitrogens with zero attached hydrogens (tertiary/aromatic N) is 6. The molecule has 4 aromatic rings. The van der Waals surface area contributed by atoms with Gasteiger partial charge in [0.25, 0.3) is 5.91 Å². The summed E-state index contributed by atoms with van der Waals surface area (Å²) in [4.78, 5) is 36.1. The number of likely N-dealkylation sites (N-methyl/N-ethyl adjacent to an activating group) is 1. The molecule has 0 atom stereocenters. The molecular formula is C23H24N8OS. The zero-order valence-electron chi connectivity index (χ0n) is 18.4. The van der Waals surface area contributed by atoms with Crippen LogP contribution in [-0.4, -0.2) is 71.0 Å². The van der Waals surface area contributed by atoms with Crippen LogP contribution in [0.3, 0.4) is 0 Å². The molecule has 0 unspecified atom stereocenters. The summed E-state index contributed by atoms with van der Waals surface area (Å²) in [6.07, 6.45) is 5.23. The van der Waals surface area contributed by atoms with Crippen LogP contribution in [-0.2, 0) is 0 Å². The number of rotatable bonds is 5. The van der Waals surface area contributed by atoms with Gasteiger partial charge in [0.1, 0.15) is 5.82 Å². The SMILES string of the molecule is CNc1ncc(-c2ccc3cnc(NC(=O)c4ccnc(N5CCN(C)CC5)c4)nc3c2)s1. The molecule has 1 aromatic carbocycles. The molecule has 10 heteroatoms. The van der Waals surface area contributed by atoms with E-state index >= 15 is 0 Å². The number of amides is 1. The van der Waals surface area contributed by atoms with Gasteiger partial charge in [0.15, 0.2) is 5.13 Å². The number of hydrogen-bond acceptors (Lipinski definition) is 9. The number of pyridine rings is 1. The Bertz CT molecular complexity index is 1300. The average molecular weight is 461 g/mol. The largest absolute Gasteiger partial charge is 0.365 e. The number of benzene rings is 1. The standard InChI is InChI=1S/C23H24N8OS/c1-24-23-27-14-19(33-23)15-3-4-17-13-26-22(28-18(17)11-15)29-21(32)16-5-6-25-20(12-16)31-9-7-30(2)8-10-31/h3-6,11-14H,7-10H2,1-2H3,(H,24,27)(H,26,28,29,32). The third kappa shape index (κ3) is 4.62. The third-order valence-electron chi connectivity index (χ3n) is 5.65. The van der Waals surface area contributed by atoms with Gasteiger partial charge < -0.3 is 15.1 Å². The molecule has 1 amide bonds. The van der Waals surface area contributed by atoms with Gasteiger partial charge >= 0.3 is 0 Å². The zero-order valence-corrected chi connectivity index (χ0v) is 19.3. The predicted molar refractivity (Wildman–Crippen MR) is 132 cm³/mol. The number of anilines is 3. The third-order valence-corrected chi connectivity index (χ3v) is 6.71. The van der Waals surface area contributed by atoms with Crippen molar-refractivity contribution in [1.29, 1.82) is 0 Å². The highest BCUT2D eigenvalue weighted by atomic mass is 32.1. The summed E-state index contributed by atoms with van der Waals surface area (Å²) in [6, 6.07) is 9.51. The van der Waals surface area contributed by atoms with Crippen LogP contribution in [0.2, 0.25) is 0 Å². The van der Waals surface area contributed by atoms with Crippen molar-refractivity contribution in [3.63, 3.8) is 0 Å². The Balaban J connectivity index is 1.35. The van der Waals surface area contributed by atoms with E-state index in [1.54, 1.807) is 29.8 Å². The van der Waals surface area contributed by atoms with E-state index < -0.39 is 0 Å². The van der Waals surface area contributed by atoms with Crippen molar-refractivity contribution in [2.45, 2.75) is 0 Å². The van der Waals surface area contributed by atoms with Crippen LogP contribution in [0.5, 0.6) is 0 Å². The van der Waals surface area contributed by atoms with Crippen molar-refractivity contribution in [1.82, 2.24) is 24.8 Å². The molecular weight excluding hydrogens is 436 g/mol. The first-order valence-electron chi connectivity index (χ1n) is 10.7. The fourth-order valence-corrected chi connectivity index (χ4v) is 4.47. The number of aromatic nitrogens is 4. The number of hydrogen-bond donors (Lipinski definition) is 2. The Morgan fingerprint density at radius 3 is 2.67 bits per heavy atom. The Labute approximate surface area is 195 Å². The normalized spacial score (nSPS) is 14.4. The summed E-state index contributed by atoms with van der Waals surface area (Å²) < 4.78 is 0. The Kier molecular flexibility index (Phi) is 5.84. The van der Waals surface area contributed by atoms with E-state index in [-0.39, 0.29) is 11.9 Å². The molecule has 1 aliphatic rings. The molecule has 0 aliphatic carbocycles. The molecule has 168 valence electrons. The molecule has 1 aliphatic heterocycles. The second kappa shape index (κ2) is 9.08. The van der Waals surface area contributed by atoms with Crippen molar-refractivity contribution in [2.24, 2.45) is 0 Å². The number of carbonyl (C=O) groups is 1. The monoisotopic (exact) mass is 460 g/mol. The lowest BCUT2D eigenvalue weighted by Crippen LogP contribution is -2.44. The van der Waals surface area contributed by atoms with Crippen LogP contribution in [0, 0.1) is 0 Å². The fraction of sp³-hybridized carbons (Fsp3) is 0.261. The Morgan fingerprint density at radius 1 is 1.03 bits per heavy atom. The highest BCUT2D eigenvalue weighted by Gasteiger charge is 2.17. The van der Waals surface area contributed by atoms with Gasteiger partial charge in [0, 0.05) is 62.8 Å². The predicted octanol–water partition coefficient (Wildman–Crippen LogP) is 3.19. The summed E-state index contributed by atoms with van der Waals surface area (Å²) in [5, 5.41) is 7.63. The Hall–Kier alpha value is -3.63. The van der Waals surface area contributed by atoms with Crippen LogP contribution in [0.15, 0.2) is 48.9 Å². The zero-order chi connectivity index (χ0) is 22.8. The topological polar surface area (TPSA) is 99.2 Å². The highest BCUT2D eigenvalue weighted by Crippen LogP contribution is 2.30. The highest BCUT2D eigenvalue weighted by molar-refractivity contribution is 7.18. The second-order valence-electron chi connectivity index (χ2n) is 7.89. The molecule has 33 heavy (non-hydrogen) atoms. The maximum atomic E-state index is 12.9. The van der Waals surface area contributed by atoms with Gasteiger partial charge in [-0.05, 0) is 30.8 Å². The van der Waals surface area contributed by atoms with Crippen LogP contribution in [0.4, 0.5) is 16.9 Å². The van der Waals surface area contributed by atoms with E-state index in [0.29, 0.717) is 5.56 Å². The van der Waals surface area contributed by atoms with Gasteiger partial charge in [0.2, 0.25) is 5.95 Å². The van der Waals surface area contributed by atoms with Gasteiger partial charge in [0.05, 0.1) is 10.4 Å². The lowest BCUT2D eigenvalue weighted by Gasteiger charge is -2.33. The first kappa shape index (κ1) is 21.2. The molecule has 1 saturated heterocycles. The van der Waals surface area contributed by atoms with E-state index in [4.69, 9.17) is 0 Å². The number of fused-ring (bicyclic) bond motifs is 1. The molecule has 0 radical (unpaired) electrons. The van der Waals surface area contributed by atoms with E-state index in [1.165, 1.54) is 0 Å². The van der Waals surface area contributed by atoms with Crippen LogP contribution in [0.1, 0.15) is 10.4 Å². The molecule has 4 heterocycles. The van der Waals surface area contributed by atoms with Gasteiger partial charge in [-0.3, -0.25) is 10.1 Å². The molecule has 5 rings (SSSR count). The maximum absolute atomic E-state index is 12.9. The summed E-state index contributed by atoms with van der Waals surface area (Å²) in [5.74, 6) is 0.817.